The Balaban J connectivity index is 1.90. The van der Waals surface area contributed by atoms with Gasteiger partial charge in [0.05, 0.1) is 11.1 Å². The number of amides is 1. The summed E-state index contributed by atoms with van der Waals surface area (Å²) in [7, 11) is 0. The fraction of sp³-hybridized carbons (Fsp3) is 0.0476. The van der Waals surface area contributed by atoms with Crippen molar-refractivity contribution in [3.8, 4) is 22.4 Å². The number of nitrogens with zero attached hydrogens (tertiary/aromatic N) is 3. The first-order chi connectivity index (χ1) is 13.5. The molecule has 0 saturated carbocycles. The third kappa shape index (κ3) is 3.57. The first-order valence-corrected chi connectivity index (χ1v) is 9.36. The predicted molar refractivity (Wildman–Crippen MR) is 115 cm³/mol. The topological polar surface area (TPSA) is 93.8 Å². The van der Waals surface area contributed by atoms with Crippen LogP contribution in [0.5, 0.6) is 0 Å². The second kappa shape index (κ2) is 7.36. The van der Waals surface area contributed by atoms with Crippen molar-refractivity contribution in [2.45, 2.75) is 6.92 Å². The Morgan fingerprint density at radius 3 is 2.54 bits per heavy atom. The first-order valence-electron chi connectivity index (χ1n) is 8.56. The van der Waals surface area contributed by atoms with Gasteiger partial charge in [0.1, 0.15) is 12.1 Å². The van der Waals surface area contributed by atoms with Crippen molar-refractivity contribution in [3.63, 3.8) is 0 Å². The minimum Gasteiger partial charge on any atom is -0.383 e. The molecule has 7 heteroatoms. The number of halogens is 1. The highest BCUT2D eigenvalue weighted by atomic mass is 79.9. The minimum absolute atomic E-state index is 0.110. The normalized spacial score (nSPS) is 10.8. The third-order valence-corrected chi connectivity index (χ3v) is 4.76. The molecule has 3 N–H and O–H groups in total. The summed E-state index contributed by atoms with van der Waals surface area (Å²) in [5.74, 6) is 0.278. The summed E-state index contributed by atoms with van der Waals surface area (Å²) < 4.78 is 0.964. The molecule has 0 radical (unpaired) electrons. The molecule has 0 aliphatic rings. The summed E-state index contributed by atoms with van der Waals surface area (Å²) in [6.45, 7) is 1.48. The molecular weight excluding hydrogens is 418 g/mol. The van der Waals surface area contributed by atoms with Crippen molar-refractivity contribution in [2.24, 2.45) is 0 Å². The van der Waals surface area contributed by atoms with Gasteiger partial charge < -0.3 is 11.1 Å². The van der Waals surface area contributed by atoms with Crippen LogP contribution in [0.25, 0.3) is 33.4 Å². The van der Waals surface area contributed by atoms with E-state index in [1.165, 1.54) is 13.3 Å². The molecule has 0 saturated heterocycles. The van der Waals surface area contributed by atoms with Crippen LogP contribution in [-0.4, -0.2) is 20.9 Å². The molecule has 28 heavy (non-hydrogen) atoms. The van der Waals surface area contributed by atoms with Crippen LogP contribution in [0.4, 0.5) is 11.5 Å². The van der Waals surface area contributed by atoms with Gasteiger partial charge in [-0.1, -0.05) is 40.2 Å². The van der Waals surface area contributed by atoms with E-state index in [0.29, 0.717) is 11.5 Å². The Labute approximate surface area is 170 Å². The highest BCUT2D eigenvalue weighted by Crippen LogP contribution is 2.34. The molecule has 0 fully saturated rings. The number of carbonyl (C=O) groups is 1. The summed E-state index contributed by atoms with van der Waals surface area (Å²) in [6.07, 6.45) is 1.42. The van der Waals surface area contributed by atoms with E-state index in [0.717, 1.165) is 37.9 Å². The van der Waals surface area contributed by atoms with Gasteiger partial charge in [0.15, 0.2) is 5.65 Å². The Bertz CT molecular complexity index is 1190. The fourth-order valence-electron chi connectivity index (χ4n) is 3.05. The number of fused-ring (bicyclic) bond motifs is 1. The second-order valence-corrected chi connectivity index (χ2v) is 7.20. The van der Waals surface area contributed by atoms with Crippen LogP contribution < -0.4 is 11.1 Å². The van der Waals surface area contributed by atoms with Crippen molar-refractivity contribution in [1.82, 2.24) is 15.0 Å². The highest BCUT2D eigenvalue weighted by Gasteiger charge is 2.14. The SMILES string of the molecule is CC(=O)Nc1ccc(-c2cc(-c3cccc(Br)c3)c3c(N)ncnc3n2)cc1. The molecule has 6 nitrogen and oxygen atoms in total. The molecule has 0 atom stereocenters. The number of hydrogen-bond acceptors (Lipinski definition) is 5. The molecule has 2 heterocycles. The van der Waals surface area contributed by atoms with Gasteiger partial charge in [-0.2, -0.15) is 0 Å². The maximum absolute atomic E-state index is 11.2. The van der Waals surface area contributed by atoms with E-state index in [9.17, 15) is 4.79 Å². The average Bonchev–Trinajstić information content (AvgIpc) is 2.67. The molecule has 2 aromatic heterocycles. The lowest BCUT2D eigenvalue weighted by Crippen LogP contribution is -2.05. The summed E-state index contributed by atoms with van der Waals surface area (Å²) >= 11 is 3.52. The van der Waals surface area contributed by atoms with Gasteiger partial charge in [-0.15, -0.1) is 0 Å². The van der Waals surface area contributed by atoms with Crippen LogP contribution in [0.15, 0.2) is 65.4 Å². The maximum atomic E-state index is 11.2. The predicted octanol–water partition coefficient (Wildman–Crippen LogP) is 4.66. The number of rotatable bonds is 3. The van der Waals surface area contributed by atoms with E-state index >= 15 is 0 Å². The van der Waals surface area contributed by atoms with Crippen LogP contribution in [0, 0.1) is 0 Å². The number of pyridine rings is 1. The molecule has 1 amide bonds. The van der Waals surface area contributed by atoms with E-state index in [1.807, 2.05) is 54.6 Å². The summed E-state index contributed by atoms with van der Waals surface area (Å²) in [5.41, 5.74) is 11.0. The lowest BCUT2D eigenvalue weighted by Gasteiger charge is -2.12. The van der Waals surface area contributed by atoms with E-state index in [2.05, 4.69) is 36.2 Å². The van der Waals surface area contributed by atoms with Gasteiger partial charge in [0.2, 0.25) is 5.91 Å². The molecular formula is C21H16BrN5O. The quantitative estimate of drug-likeness (QED) is 0.489. The number of nitrogens with two attached hydrogens (primary N) is 1. The molecule has 138 valence electrons. The van der Waals surface area contributed by atoms with Gasteiger partial charge in [-0.05, 0) is 41.5 Å². The molecule has 0 aliphatic carbocycles. The molecule has 0 aliphatic heterocycles. The number of benzene rings is 2. The van der Waals surface area contributed by atoms with Crippen molar-refractivity contribution < 1.29 is 4.79 Å². The number of nitrogens with one attached hydrogen (secondary N) is 1. The van der Waals surface area contributed by atoms with Crippen LogP contribution in [0.2, 0.25) is 0 Å². The minimum atomic E-state index is -0.110. The Hall–Kier alpha value is -3.32. The lowest BCUT2D eigenvalue weighted by molar-refractivity contribution is -0.114. The highest BCUT2D eigenvalue weighted by molar-refractivity contribution is 9.10. The zero-order valence-electron chi connectivity index (χ0n) is 15.0. The van der Waals surface area contributed by atoms with Gasteiger partial charge >= 0.3 is 0 Å². The summed E-state index contributed by atoms with van der Waals surface area (Å²) in [6, 6.07) is 17.5. The van der Waals surface area contributed by atoms with Crippen molar-refractivity contribution in [2.75, 3.05) is 11.1 Å². The number of hydrogen-bond donors (Lipinski definition) is 2. The molecule has 0 unspecified atom stereocenters. The Kier molecular flexibility index (Phi) is 4.75. The fourth-order valence-corrected chi connectivity index (χ4v) is 3.45. The lowest BCUT2D eigenvalue weighted by atomic mass is 10.00. The van der Waals surface area contributed by atoms with Crippen molar-refractivity contribution in [1.29, 1.82) is 0 Å². The van der Waals surface area contributed by atoms with Crippen LogP contribution in [-0.2, 0) is 4.79 Å². The van der Waals surface area contributed by atoms with E-state index in [-0.39, 0.29) is 5.91 Å². The monoisotopic (exact) mass is 433 g/mol. The van der Waals surface area contributed by atoms with Crippen LogP contribution in [0.1, 0.15) is 6.92 Å². The smallest absolute Gasteiger partial charge is 0.221 e. The zero-order chi connectivity index (χ0) is 19.7. The number of anilines is 2. The van der Waals surface area contributed by atoms with E-state index in [1.54, 1.807) is 0 Å². The summed E-state index contributed by atoms with van der Waals surface area (Å²) in [5, 5.41) is 3.48. The van der Waals surface area contributed by atoms with Crippen LogP contribution >= 0.6 is 15.9 Å². The molecule has 4 rings (SSSR count). The van der Waals surface area contributed by atoms with Gasteiger partial charge in [0, 0.05) is 22.6 Å². The molecule has 4 aromatic rings. The Morgan fingerprint density at radius 2 is 1.82 bits per heavy atom. The summed E-state index contributed by atoms with van der Waals surface area (Å²) in [4.78, 5) is 24.4. The first kappa shape index (κ1) is 18.1. The zero-order valence-corrected chi connectivity index (χ0v) is 16.6. The largest absolute Gasteiger partial charge is 0.383 e. The van der Waals surface area contributed by atoms with Gasteiger partial charge in [0.25, 0.3) is 0 Å². The van der Waals surface area contributed by atoms with Crippen molar-refractivity contribution in [3.05, 3.63) is 65.4 Å². The average molecular weight is 434 g/mol. The van der Waals surface area contributed by atoms with Gasteiger partial charge in [-0.25, -0.2) is 15.0 Å². The number of aromatic nitrogens is 3. The van der Waals surface area contributed by atoms with Crippen LogP contribution in [0.3, 0.4) is 0 Å². The molecule has 0 spiro atoms. The van der Waals surface area contributed by atoms with E-state index in [4.69, 9.17) is 5.73 Å². The van der Waals surface area contributed by atoms with Crippen molar-refractivity contribution >= 4 is 44.4 Å². The van der Waals surface area contributed by atoms with Gasteiger partial charge in [-0.3, -0.25) is 4.79 Å². The molecule has 2 aromatic carbocycles. The molecule has 0 bridgehead atoms. The number of carbonyl (C=O) groups excluding carboxylic acids is 1. The van der Waals surface area contributed by atoms with E-state index < -0.39 is 0 Å². The Morgan fingerprint density at radius 1 is 1.04 bits per heavy atom. The maximum Gasteiger partial charge on any atom is 0.221 e. The standard InChI is InChI=1S/C21H16BrN5O/c1-12(28)26-16-7-5-13(6-8-16)18-10-17(14-3-2-4-15(22)9-14)19-20(23)24-11-25-21(19)27-18/h2-11H,1H3,(H,26,28)(H2,23,24,25,27). The second-order valence-electron chi connectivity index (χ2n) is 6.28. The third-order valence-electron chi connectivity index (χ3n) is 4.27. The number of nitrogen functional groups attached to an aromatic ring is 1.